The van der Waals surface area contributed by atoms with E-state index in [1.807, 2.05) is 0 Å². The number of nitrogens with one attached hydrogen (secondary N) is 1. The lowest BCUT2D eigenvalue weighted by Gasteiger charge is -2.07. The van der Waals surface area contributed by atoms with E-state index >= 15 is 0 Å². The van der Waals surface area contributed by atoms with Crippen LogP contribution in [0.1, 0.15) is 20.0 Å². The molecule has 0 bridgehead atoms. The Morgan fingerprint density at radius 2 is 1.91 bits per heavy atom. The molecule has 4 N–H and O–H groups in total. The molecule has 2 rings (SSSR count). The van der Waals surface area contributed by atoms with E-state index < -0.39 is 27.7 Å². The van der Waals surface area contributed by atoms with Crippen molar-refractivity contribution in [2.24, 2.45) is 5.73 Å². The second-order valence-electron chi connectivity index (χ2n) is 4.09. The molecule has 0 aliphatic heterocycles. The van der Waals surface area contributed by atoms with Gasteiger partial charge in [0.25, 0.3) is 15.9 Å². The maximum Gasteiger partial charge on any atom is 0.345 e. The van der Waals surface area contributed by atoms with Crippen molar-refractivity contribution in [2.75, 3.05) is 4.72 Å². The number of anilines is 1. The highest BCUT2D eigenvalue weighted by molar-refractivity contribution is 7.94. The van der Waals surface area contributed by atoms with Crippen molar-refractivity contribution in [1.82, 2.24) is 0 Å². The van der Waals surface area contributed by atoms with Gasteiger partial charge >= 0.3 is 5.97 Å². The third-order valence-electron chi connectivity index (χ3n) is 2.54. The van der Waals surface area contributed by atoms with Crippen LogP contribution in [-0.2, 0) is 10.0 Å². The van der Waals surface area contributed by atoms with Crippen molar-refractivity contribution in [2.45, 2.75) is 4.21 Å². The van der Waals surface area contributed by atoms with Gasteiger partial charge in [-0.2, -0.15) is 0 Å². The van der Waals surface area contributed by atoms with Crippen LogP contribution in [0.2, 0.25) is 0 Å². The van der Waals surface area contributed by atoms with Crippen molar-refractivity contribution >= 4 is 38.9 Å². The van der Waals surface area contributed by atoms with E-state index in [9.17, 15) is 22.4 Å². The molecule has 0 radical (unpaired) electrons. The number of carboxylic acids is 1. The molecule has 22 heavy (non-hydrogen) atoms. The first-order valence-electron chi connectivity index (χ1n) is 5.66. The second-order valence-corrected chi connectivity index (χ2v) is 7.08. The summed E-state index contributed by atoms with van der Waals surface area (Å²) >= 11 is 0.562. The minimum Gasteiger partial charge on any atom is -0.477 e. The molecule has 0 fully saturated rings. The van der Waals surface area contributed by atoms with Gasteiger partial charge in [0, 0.05) is 0 Å². The smallest absolute Gasteiger partial charge is 0.345 e. The quantitative estimate of drug-likeness (QED) is 0.757. The maximum atomic E-state index is 13.6. The summed E-state index contributed by atoms with van der Waals surface area (Å²) in [4.78, 5) is 21.5. The summed E-state index contributed by atoms with van der Waals surface area (Å²) in [5, 5.41) is 8.77. The van der Waals surface area contributed by atoms with Crippen LogP contribution in [0.3, 0.4) is 0 Å². The fourth-order valence-corrected chi connectivity index (χ4v) is 3.76. The SMILES string of the molecule is NC(=O)c1ccc(NS(=O)(=O)c2ccc(C(=O)O)s2)cc1F. The first-order valence-corrected chi connectivity index (χ1v) is 7.96. The lowest BCUT2D eigenvalue weighted by atomic mass is 10.2. The topological polar surface area (TPSA) is 127 Å². The Bertz CT molecular complexity index is 860. The van der Waals surface area contributed by atoms with Crippen LogP contribution in [0, 0.1) is 5.82 Å². The van der Waals surface area contributed by atoms with Gasteiger partial charge in [0.05, 0.1) is 11.3 Å². The summed E-state index contributed by atoms with van der Waals surface area (Å²) in [6.45, 7) is 0. The largest absolute Gasteiger partial charge is 0.477 e. The molecule has 1 aromatic carbocycles. The van der Waals surface area contributed by atoms with E-state index in [0.29, 0.717) is 11.3 Å². The van der Waals surface area contributed by atoms with Crippen LogP contribution in [0.4, 0.5) is 10.1 Å². The zero-order valence-electron chi connectivity index (χ0n) is 10.7. The van der Waals surface area contributed by atoms with Gasteiger partial charge in [-0.05, 0) is 30.3 Å². The number of halogens is 1. The number of carbonyl (C=O) groups excluding carboxylic acids is 1. The molecule has 0 aliphatic rings. The van der Waals surface area contributed by atoms with Crippen molar-refractivity contribution in [1.29, 1.82) is 0 Å². The normalized spacial score (nSPS) is 11.1. The number of carbonyl (C=O) groups is 2. The number of benzene rings is 1. The van der Waals surface area contributed by atoms with Crippen LogP contribution >= 0.6 is 11.3 Å². The van der Waals surface area contributed by atoms with Gasteiger partial charge in [-0.1, -0.05) is 0 Å². The molecule has 7 nitrogen and oxygen atoms in total. The predicted molar refractivity (Wildman–Crippen MR) is 77.0 cm³/mol. The van der Waals surface area contributed by atoms with Gasteiger partial charge in [0.1, 0.15) is 14.9 Å². The first-order chi connectivity index (χ1) is 10.2. The van der Waals surface area contributed by atoms with E-state index in [2.05, 4.69) is 4.72 Å². The molecular weight excluding hydrogens is 335 g/mol. The molecule has 116 valence electrons. The Labute approximate surface area is 128 Å². The third-order valence-corrected chi connectivity index (χ3v) is 5.49. The Hall–Kier alpha value is -2.46. The Morgan fingerprint density at radius 1 is 1.23 bits per heavy atom. The Kier molecular flexibility index (Phi) is 4.15. The molecule has 2 aromatic rings. The number of aromatic carboxylic acids is 1. The molecule has 0 saturated heterocycles. The summed E-state index contributed by atoms with van der Waals surface area (Å²) in [6.07, 6.45) is 0. The van der Waals surface area contributed by atoms with E-state index in [1.54, 1.807) is 0 Å². The van der Waals surface area contributed by atoms with Crippen LogP contribution in [-0.4, -0.2) is 25.4 Å². The summed E-state index contributed by atoms with van der Waals surface area (Å²) < 4.78 is 39.6. The Morgan fingerprint density at radius 3 is 2.41 bits per heavy atom. The highest BCUT2D eigenvalue weighted by atomic mass is 32.2. The molecule has 10 heteroatoms. The van der Waals surface area contributed by atoms with Crippen LogP contribution in [0.15, 0.2) is 34.5 Å². The molecular formula is C12H9FN2O5S2. The number of amides is 1. The van der Waals surface area contributed by atoms with Crippen molar-refractivity contribution < 1.29 is 27.5 Å². The van der Waals surface area contributed by atoms with E-state index in [1.165, 1.54) is 6.07 Å². The average Bonchev–Trinajstić information content (AvgIpc) is 2.88. The van der Waals surface area contributed by atoms with Crippen molar-refractivity contribution in [3.8, 4) is 0 Å². The minimum atomic E-state index is -4.05. The van der Waals surface area contributed by atoms with Gasteiger partial charge in [0.15, 0.2) is 0 Å². The number of rotatable bonds is 5. The van der Waals surface area contributed by atoms with Crippen molar-refractivity contribution in [3.05, 3.63) is 46.6 Å². The molecule has 1 heterocycles. The second kappa shape index (κ2) is 5.73. The summed E-state index contributed by atoms with van der Waals surface area (Å²) in [5.74, 6) is -3.19. The van der Waals surface area contributed by atoms with E-state index in [0.717, 1.165) is 24.3 Å². The molecule has 0 aliphatic carbocycles. The lowest BCUT2D eigenvalue weighted by molar-refractivity contribution is 0.0702. The summed E-state index contributed by atoms with van der Waals surface area (Å²) in [7, 11) is -4.05. The predicted octanol–water partition coefficient (Wildman–Crippen LogP) is 1.49. The summed E-state index contributed by atoms with van der Waals surface area (Å²) in [6, 6.07) is 5.31. The molecule has 0 unspecified atom stereocenters. The van der Waals surface area contributed by atoms with Gasteiger partial charge in [0.2, 0.25) is 0 Å². The van der Waals surface area contributed by atoms with E-state index in [4.69, 9.17) is 10.8 Å². The first kappa shape index (κ1) is 15.9. The number of primary amides is 1. The minimum absolute atomic E-state index is 0.118. The lowest BCUT2D eigenvalue weighted by Crippen LogP contribution is -2.15. The number of hydrogen-bond donors (Lipinski definition) is 3. The standard InChI is InChI=1S/C12H9FN2O5S2/c13-8-5-6(1-2-7(8)11(14)16)15-22(19,20)10-4-3-9(21-10)12(17)18/h1-5,15H,(H2,14,16)(H,17,18). The average molecular weight is 344 g/mol. The molecule has 1 amide bonds. The summed E-state index contributed by atoms with van der Waals surface area (Å²) in [5.41, 5.74) is 4.46. The van der Waals surface area contributed by atoms with Crippen LogP contribution in [0.25, 0.3) is 0 Å². The van der Waals surface area contributed by atoms with E-state index in [-0.39, 0.29) is 20.3 Å². The van der Waals surface area contributed by atoms with Crippen LogP contribution < -0.4 is 10.5 Å². The monoisotopic (exact) mass is 344 g/mol. The number of sulfonamides is 1. The number of nitrogens with two attached hydrogens (primary N) is 1. The van der Waals surface area contributed by atoms with Crippen molar-refractivity contribution in [3.63, 3.8) is 0 Å². The van der Waals surface area contributed by atoms with Gasteiger partial charge < -0.3 is 10.8 Å². The molecule has 0 spiro atoms. The number of hydrogen-bond acceptors (Lipinski definition) is 5. The molecule has 0 saturated carbocycles. The maximum absolute atomic E-state index is 13.6. The number of thiophene rings is 1. The zero-order chi connectivity index (χ0) is 16.5. The molecule has 1 aromatic heterocycles. The highest BCUT2D eigenvalue weighted by Crippen LogP contribution is 2.24. The highest BCUT2D eigenvalue weighted by Gasteiger charge is 2.20. The fraction of sp³-hybridized carbons (Fsp3) is 0. The van der Waals surface area contributed by atoms with Gasteiger partial charge in [-0.25, -0.2) is 17.6 Å². The van der Waals surface area contributed by atoms with Gasteiger partial charge in [-0.3, -0.25) is 9.52 Å². The fourth-order valence-electron chi connectivity index (χ4n) is 1.56. The third kappa shape index (κ3) is 3.23. The molecule has 0 atom stereocenters. The Balaban J connectivity index is 2.30. The van der Waals surface area contributed by atoms with Crippen LogP contribution in [0.5, 0.6) is 0 Å². The zero-order valence-corrected chi connectivity index (χ0v) is 12.4. The van der Waals surface area contributed by atoms with Gasteiger partial charge in [-0.15, -0.1) is 11.3 Å². The number of carboxylic acid groups (broad SMARTS) is 1.